The highest BCUT2D eigenvalue weighted by Crippen LogP contribution is 2.27. The number of nitrogens with one attached hydrogen (secondary N) is 1. The quantitative estimate of drug-likeness (QED) is 0.683. The summed E-state index contributed by atoms with van der Waals surface area (Å²) in [5.41, 5.74) is 0.970. The minimum atomic E-state index is -0.0177. The van der Waals surface area contributed by atoms with Gasteiger partial charge in [-0.1, -0.05) is 13.8 Å². The second-order valence-corrected chi connectivity index (χ2v) is 3.54. The third kappa shape index (κ3) is 2.01. The summed E-state index contributed by atoms with van der Waals surface area (Å²) in [4.78, 5) is 14.0. The van der Waals surface area contributed by atoms with Crippen LogP contribution in [0.1, 0.15) is 18.7 Å². The van der Waals surface area contributed by atoms with Crippen molar-refractivity contribution in [2.24, 2.45) is 0 Å². The monoisotopic (exact) mass is 198 g/mol. The Kier molecular flexibility index (Phi) is 3.31. The van der Waals surface area contributed by atoms with E-state index in [2.05, 4.69) is 5.32 Å². The summed E-state index contributed by atoms with van der Waals surface area (Å²) in [7, 11) is 1.79. The first-order chi connectivity index (χ1) is 6.27. The van der Waals surface area contributed by atoms with Crippen molar-refractivity contribution in [3.63, 3.8) is 0 Å². The fourth-order valence-corrected chi connectivity index (χ4v) is 1.95. The minimum absolute atomic E-state index is 0.0177. The van der Waals surface area contributed by atoms with Gasteiger partial charge in [-0.25, -0.2) is 4.79 Å². The SMILES string of the molecule is CC.CN1Cc2sccc2NC1=O. The van der Waals surface area contributed by atoms with Crippen LogP contribution in [0, 0.1) is 0 Å². The van der Waals surface area contributed by atoms with Crippen LogP contribution in [-0.2, 0) is 6.54 Å². The van der Waals surface area contributed by atoms with E-state index in [1.54, 1.807) is 23.3 Å². The van der Waals surface area contributed by atoms with Gasteiger partial charge in [-0.3, -0.25) is 0 Å². The maximum atomic E-state index is 11.1. The summed E-state index contributed by atoms with van der Waals surface area (Å²) < 4.78 is 0. The predicted molar refractivity (Wildman–Crippen MR) is 56.2 cm³/mol. The van der Waals surface area contributed by atoms with Crippen LogP contribution < -0.4 is 5.32 Å². The fourth-order valence-electron chi connectivity index (χ4n) is 1.07. The Morgan fingerprint density at radius 3 is 2.92 bits per heavy atom. The van der Waals surface area contributed by atoms with Crippen LogP contribution >= 0.6 is 11.3 Å². The highest BCUT2D eigenvalue weighted by atomic mass is 32.1. The Morgan fingerprint density at radius 2 is 2.23 bits per heavy atom. The zero-order valence-electron chi connectivity index (χ0n) is 8.13. The van der Waals surface area contributed by atoms with E-state index in [-0.39, 0.29) is 6.03 Å². The number of rotatable bonds is 0. The van der Waals surface area contributed by atoms with Crippen LogP contribution in [0.4, 0.5) is 10.5 Å². The number of thiophene rings is 1. The van der Waals surface area contributed by atoms with Gasteiger partial charge in [-0.15, -0.1) is 11.3 Å². The first-order valence-corrected chi connectivity index (χ1v) is 5.24. The van der Waals surface area contributed by atoms with E-state index in [1.165, 1.54) is 4.88 Å². The van der Waals surface area contributed by atoms with Gasteiger partial charge in [-0.05, 0) is 11.4 Å². The van der Waals surface area contributed by atoms with Crippen molar-refractivity contribution in [1.82, 2.24) is 4.90 Å². The van der Waals surface area contributed by atoms with Gasteiger partial charge >= 0.3 is 6.03 Å². The van der Waals surface area contributed by atoms with E-state index >= 15 is 0 Å². The second kappa shape index (κ2) is 4.28. The lowest BCUT2D eigenvalue weighted by Crippen LogP contribution is -2.34. The Hall–Kier alpha value is -1.03. The Bertz CT molecular complexity index is 296. The van der Waals surface area contributed by atoms with E-state index in [4.69, 9.17) is 0 Å². The number of urea groups is 1. The van der Waals surface area contributed by atoms with Crippen LogP contribution in [-0.4, -0.2) is 18.0 Å². The van der Waals surface area contributed by atoms with Crippen molar-refractivity contribution in [2.45, 2.75) is 20.4 Å². The number of hydrogen-bond donors (Lipinski definition) is 1. The average molecular weight is 198 g/mol. The first-order valence-electron chi connectivity index (χ1n) is 4.36. The summed E-state index contributed by atoms with van der Waals surface area (Å²) in [5, 5.41) is 4.78. The van der Waals surface area contributed by atoms with Gasteiger partial charge < -0.3 is 10.2 Å². The molecule has 0 unspecified atom stereocenters. The molecule has 0 radical (unpaired) electrons. The second-order valence-electron chi connectivity index (χ2n) is 2.54. The maximum absolute atomic E-state index is 11.1. The molecule has 1 aliphatic heterocycles. The Balaban J connectivity index is 0.000000396. The molecule has 1 N–H and O–H groups in total. The molecular formula is C9H14N2OS. The lowest BCUT2D eigenvalue weighted by Gasteiger charge is -2.22. The standard InChI is InChI=1S/C7H8N2OS.C2H6/c1-9-4-6-5(2-3-11-6)8-7(9)10;1-2/h2-3H,4H2,1H3,(H,8,10);1-2H3. The van der Waals surface area contributed by atoms with E-state index < -0.39 is 0 Å². The van der Waals surface area contributed by atoms with E-state index in [9.17, 15) is 4.79 Å². The molecule has 0 aliphatic carbocycles. The third-order valence-corrected chi connectivity index (χ3v) is 2.62. The van der Waals surface area contributed by atoms with Crippen LogP contribution in [0.2, 0.25) is 0 Å². The van der Waals surface area contributed by atoms with Crippen LogP contribution in [0.15, 0.2) is 11.4 Å². The van der Waals surface area contributed by atoms with Gasteiger partial charge in [0.25, 0.3) is 0 Å². The van der Waals surface area contributed by atoms with Crippen molar-refractivity contribution in [1.29, 1.82) is 0 Å². The summed E-state index contributed by atoms with van der Waals surface area (Å²) in [6, 6.07) is 1.92. The van der Waals surface area contributed by atoms with Crippen molar-refractivity contribution < 1.29 is 4.79 Å². The Morgan fingerprint density at radius 1 is 1.54 bits per heavy atom. The van der Waals surface area contributed by atoms with Gasteiger partial charge in [0.15, 0.2) is 0 Å². The molecule has 0 atom stereocenters. The largest absolute Gasteiger partial charge is 0.322 e. The molecule has 0 aromatic carbocycles. The van der Waals surface area contributed by atoms with E-state index in [0.717, 1.165) is 12.2 Å². The highest BCUT2D eigenvalue weighted by Gasteiger charge is 2.19. The summed E-state index contributed by atoms with van der Waals surface area (Å²) in [5.74, 6) is 0. The van der Waals surface area contributed by atoms with Gasteiger partial charge in [0.1, 0.15) is 0 Å². The topological polar surface area (TPSA) is 32.3 Å². The molecule has 4 heteroatoms. The molecular weight excluding hydrogens is 184 g/mol. The smallest absolute Gasteiger partial charge is 0.321 e. The fraction of sp³-hybridized carbons (Fsp3) is 0.444. The van der Waals surface area contributed by atoms with Crippen molar-refractivity contribution in [3.05, 3.63) is 16.3 Å². The van der Waals surface area contributed by atoms with Crippen molar-refractivity contribution in [3.8, 4) is 0 Å². The molecule has 0 bridgehead atoms. The molecule has 1 aliphatic rings. The average Bonchev–Trinajstić information content (AvgIpc) is 2.56. The minimum Gasteiger partial charge on any atom is -0.322 e. The molecule has 0 spiro atoms. The number of fused-ring (bicyclic) bond motifs is 1. The number of carbonyl (C=O) groups is 1. The molecule has 0 saturated heterocycles. The molecule has 1 aromatic rings. The summed E-state index contributed by atoms with van der Waals surface area (Å²) >= 11 is 1.67. The van der Waals surface area contributed by atoms with Crippen LogP contribution in [0.25, 0.3) is 0 Å². The molecule has 1 aromatic heterocycles. The molecule has 2 rings (SSSR count). The molecule has 0 saturated carbocycles. The molecule has 13 heavy (non-hydrogen) atoms. The highest BCUT2D eigenvalue weighted by molar-refractivity contribution is 7.10. The number of amides is 2. The van der Waals surface area contributed by atoms with Gasteiger partial charge in [0, 0.05) is 11.9 Å². The number of carbonyl (C=O) groups excluding carboxylic acids is 1. The number of nitrogens with zero attached hydrogens (tertiary/aromatic N) is 1. The lowest BCUT2D eigenvalue weighted by atomic mass is 10.3. The third-order valence-electron chi connectivity index (χ3n) is 1.71. The first kappa shape index (κ1) is 10.1. The lowest BCUT2D eigenvalue weighted by molar-refractivity contribution is 0.219. The Labute approximate surface area is 82.4 Å². The van der Waals surface area contributed by atoms with Gasteiger partial charge in [0.05, 0.1) is 12.2 Å². The van der Waals surface area contributed by atoms with Crippen LogP contribution in [0.5, 0.6) is 0 Å². The summed E-state index contributed by atoms with van der Waals surface area (Å²) in [6.07, 6.45) is 0. The molecule has 3 nitrogen and oxygen atoms in total. The van der Waals surface area contributed by atoms with Gasteiger partial charge in [-0.2, -0.15) is 0 Å². The zero-order valence-corrected chi connectivity index (χ0v) is 8.94. The van der Waals surface area contributed by atoms with Crippen molar-refractivity contribution in [2.75, 3.05) is 12.4 Å². The van der Waals surface area contributed by atoms with Crippen molar-refractivity contribution >= 4 is 23.1 Å². The molecule has 0 fully saturated rings. The van der Waals surface area contributed by atoms with Crippen LogP contribution in [0.3, 0.4) is 0 Å². The zero-order chi connectivity index (χ0) is 9.84. The molecule has 2 heterocycles. The normalized spacial score (nSPS) is 14.1. The summed E-state index contributed by atoms with van der Waals surface area (Å²) in [6.45, 7) is 4.73. The predicted octanol–water partition coefficient (Wildman–Crippen LogP) is 2.75. The molecule has 72 valence electrons. The van der Waals surface area contributed by atoms with Gasteiger partial charge in [0.2, 0.25) is 0 Å². The number of anilines is 1. The van der Waals surface area contributed by atoms with E-state index in [0.29, 0.717) is 0 Å². The van der Waals surface area contributed by atoms with E-state index in [1.807, 2.05) is 25.3 Å². The number of hydrogen-bond acceptors (Lipinski definition) is 2. The molecule has 2 amide bonds. The maximum Gasteiger partial charge on any atom is 0.321 e.